The van der Waals surface area contributed by atoms with Crippen LogP contribution >= 0.6 is 0 Å². The second-order valence-corrected chi connectivity index (χ2v) is 11.8. The number of piperidine rings is 1. The molecule has 0 spiro atoms. The highest BCUT2D eigenvalue weighted by Crippen LogP contribution is 2.45. The zero-order valence-electron chi connectivity index (χ0n) is 22.6. The number of benzene rings is 1. The van der Waals surface area contributed by atoms with Gasteiger partial charge >= 0.3 is 6.03 Å². The number of carbonyl (C=O) groups is 1. The third kappa shape index (κ3) is 5.30. The Bertz CT molecular complexity index is 839. The van der Waals surface area contributed by atoms with Crippen LogP contribution in [0.15, 0.2) is 30.3 Å². The van der Waals surface area contributed by atoms with Gasteiger partial charge in [-0.1, -0.05) is 62.4 Å². The van der Waals surface area contributed by atoms with Crippen LogP contribution in [-0.2, 0) is 5.41 Å². The van der Waals surface area contributed by atoms with E-state index in [-0.39, 0.29) is 12.1 Å². The standard InChI is InChI=1S/C30H48N4O/c1-23(2)32(24(3)4)22-19-30(26-15-9-6-10-16-26)27-17-11-12-20-33(27)29(35)34(28(30)31)21-18-25-13-7-5-8-14-25/h6,9-10,15-16,23-25,27,31H,5,7-8,11-14,17-22H2,1-4H3/t27-,30+/m1/s1. The van der Waals surface area contributed by atoms with Crippen LogP contribution in [0.4, 0.5) is 4.79 Å². The van der Waals surface area contributed by atoms with Gasteiger partial charge in [0.05, 0.1) is 11.5 Å². The Balaban J connectivity index is 1.70. The second kappa shape index (κ2) is 11.5. The van der Waals surface area contributed by atoms with E-state index < -0.39 is 5.41 Å². The van der Waals surface area contributed by atoms with Crippen LogP contribution in [0.3, 0.4) is 0 Å². The SMILES string of the molecule is CC(C)N(CC[C@@]1(c2ccccc2)C(=N)N(CCC2CCCCC2)C(=O)N2CCCC[C@@H]21)C(C)C. The molecule has 1 N–H and O–H groups in total. The Morgan fingerprint density at radius 2 is 1.63 bits per heavy atom. The number of hydrogen-bond acceptors (Lipinski definition) is 3. The Kier molecular flexibility index (Phi) is 8.57. The molecule has 1 aromatic carbocycles. The highest BCUT2D eigenvalue weighted by Gasteiger charge is 2.55. The number of rotatable bonds is 9. The second-order valence-electron chi connectivity index (χ2n) is 11.8. The van der Waals surface area contributed by atoms with Crippen LogP contribution in [0.2, 0.25) is 0 Å². The molecule has 0 unspecified atom stereocenters. The van der Waals surface area contributed by atoms with Gasteiger partial charge in [-0.15, -0.1) is 0 Å². The van der Waals surface area contributed by atoms with Crippen molar-refractivity contribution in [3.05, 3.63) is 35.9 Å². The van der Waals surface area contributed by atoms with Crippen molar-refractivity contribution in [1.29, 1.82) is 5.41 Å². The molecule has 4 rings (SSSR count). The van der Waals surface area contributed by atoms with Gasteiger partial charge in [-0.2, -0.15) is 0 Å². The fourth-order valence-corrected chi connectivity index (χ4v) is 7.23. The average molecular weight is 481 g/mol. The van der Waals surface area contributed by atoms with Gasteiger partial charge in [0.15, 0.2) is 0 Å². The summed E-state index contributed by atoms with van der Waals surface area (Å²) < 4.78 is 0. The average Bonchev–Trinajstić information content (AvgIpc) is 2.87. The van der Waals surface area contributed by atoms with Crippen LogP contribution in [0.25, 0.3) is 0 Å². The van der Waals surface area contributed by atoms with Gasteiger partial charge in [0.25, 0.3) is 0 Å². The van der Waals surface area contributed by atoms with Crippen molar-refractivity contribution in [2.45, 2.75) is 115 Å². The first kappa shape index (κ1) is 26.2. The molecule has 194 valence electrons. The molecule has 2 saturated heterocycles. The zero-order valence-corrected chi connectivity index (χ0v) is 22.6. The van der Waals surface area contributed by atoms with Crippen LogP contribution < -0.4 is 0 Å². The van der Waals surface area contributed by atoms with Gasteiger partial charge in [-0.3, -0.25) is 15.2 Å². The van der Waals surface area contributed by atoms with Crippen molar-refractivity contribution in [3.8, 4) is 0 Å². The van der Waals surface area contributed by atoms with Crippen molar-refractivity contribution < 1.29 is 4.79 Å². The van der Waals surface area contributed by atoms with Gasteiger partial charge in [0.2, 0.25) is 0 Å². The summed E-state index contributed by atoms with van der Waals surface area (Å²) in [7, 11) is 0. The molecule has 5 heteroatoms. The third-order valence-electron chi connectivity index (χ3n) is 9.11. The fraction of sp³-hybridized carbons (Fsp3) is 0.733. The molecule has 2 amide bonds. The molecule has 1 saturated carbocycles. The molecule has 1 aliphatic carbocycles. The first-order valence-corrected chi connectivity index (χ1v) is 14.3. The number of carbonyl (C=O) groups excluding carboxylic acids is 1. The van der Waals surface area contributed by atoms with Crippen molar-refractivity contribution in [2.24, 2.45) is 5.92 Å². The number of fused-ring (bicyclic) bond motifs is 1. The molecule has 2 aliphatic heterocycles. The molecule has 3 fully saturated rings. The Morgan fingerprint density at radius 3 is 2.29 bits per heavy atom. The largest absolute Gasteiger partial charge is 0.325 e. The number of amidine groups is 1. The summed E-state index contributed by atoms with van der Waals surface area (Å²) in [6.07, 6.45) is 11.6. The highest BCUT2D eigenvalue weighted by atomic mass is 16.2. The normalized spacial score (nSPS) is 26.2. The van der Waals surface area contributed by atoms with E-state index in [1.807, 2.05) is 4.90 Å². The van der Waals surface area contributed by atoms with Gasteiger partial charge in [0.1, 0.15) is 5.84 Å². The molecule has 35 heavy (non-hydrogen) atoms. The van der Waals surface area contributed by atoms with E-state index in [1.54, 1.807) is 0 Å². The lowest BCUT2D eigenvalue weighted by atomic mass is 9.65. The molecule has 5 nitrogen and oxygen atoms in total. The molecular weight excluding hydrogens is 432 g/mol. The smallest absolute Gasteiger partial charge is 0.320 e. The van der Waals surface area contributed by atoms with E-state index in [1.165, 1.54) is 37.7 Å². The monoisotopic (exact) mass is 480 g/mol. The van der Waals surface area contributed by atoms with E-state index in [9.17, 15) is 10.2 Å². The lowest BCUT2D eigenvalue weighted by Gasteiger charge is -2.56. The topological polar surface area (TPSA) is 50.6 Å². The maximum atomic E-state index is 13.8. The quantitative estimate of drug-likeness (QED) is 0.429. The Morgan fingerprint density at radius 1 is 0.971 bits per heavy atom. The lowest BCUT2D eigenvalue weighted by molar-refractivity contribution is 0.0674. The first-order valence-electron chi connectivity index (χ1n) is 14.3. The molecule has 1 aromatic rings. The zero-order chi connectivity index (χ0) is 25.0. The highest BCUT2D eigenvalue weighted by molar-refractivity contribution is 6.05. The maximum absolute atomic E-state index is 13.8. The number of amides is 2. The predicted octanol–water partition coefficient (Wildman–Crippen LogP) is 6.67. The fourth-order valence-electron chi connectivity index (χ4n) is 7.23. The Labute approximate surface area is 213 Å². The molecule has 2 heterocycles. The van der Waals surface area contributed by atoms with E-state index in [0.717, 1.165) is 45.2 Å². The van der Waals surface area contributed by atoms with Gasteiger partial charge in [-0.05, 0) is 71.3 Å². The minimum Gasteiger partial charge on any atom is -0.320 e. The summed E-state index contributed by atoms with van der Waals surface area (Å²) >= 11 is 0. The minimum absolute atomic E-state index is 0.0748. The lowest BCUT2D eigenvalue weighted by Crippen LogP contribution is -2.70. The number of nitrogens with zero attached hydrogens (tertiary/aromatic N) is 3. The van der Waals surface area contributed by atoms with E-state index in [4.69, 9.17) is 0 Å². The minimum atomic E-state index is -0.454. The third-order valence-corrected chi connectivity index (χ3v) is 9.11. The summed E-state index contributed by atoms with van der Waals surface area (Å²) in [5.74, 6) is 1.26. The molecule has 2 atom stereocenters. The van der Waals surface area contributed by atoms with Gasteiger partial charge in [0, 0.05) is 31.7 Å². The van der Waals surface area contributed by atoms with Crippen molar-refractivity contribution in [1.82, 2.24) is 14.7 Å². The van der Waals surface area contributed by atoms with E-state index in [2.05, 4.69) is 67.8 Å². The predicted molar refractivity (Wildman–Crippen MR) is 145 cm³/mol. The summed E-state index contributed by atoms with van der Waals surface area (Å²) in [6.45, 7) is 11.5. The number of urea groups is 1. The summed E-state index contributed by atoms with van der Waals surface area (Å²) in [5, 5.41) is 9.68. The molecular formula is C30H48N4O. The molecule has 0 aromatic heterocycles. The summed E-state index contributed by atoms with van der Waals surface area (Å²) in [5.41, 5.74) is 0.758. The molecule has 0 radical (unpaired) electrons. The van der Waals surface area contributed by atoms with E-state index >= 15 is 0 Å². The molecule has 3 aliphatic rings. The Hall–Kier alpha value is -1.88. The van der Waals surface area contributed by atoms with Crippen molar-refractivity contribution in [2.75, 3.05) is 19.6 Å². The summed E-state index contributed by atoms with van der Waals surface area (Å²) in [6, 6.07) is 11.8. The number of nitrogens with one attached hydrogen (secondary N) is 1. The van der Waals surface area contributed by atoms with Gasteiger partial charge < -0.3 is 4.90 Å². The first-order chi connectivity index (χ1) is 16.9. The van der Waals surface area contributed by atoms with Crippen molar-refractivity contribution in [3.63, 3.8) is 0 Å². The van der Waals surface area contributed by atoms with Crippen LogP contribution in [0, 0.1) is 11.3 Å². The van der Waals surface area contributed by atoms with Crippen LogP contribution in [0.5, 0.6) is 0 Å². The van der Waals surface area contributed by atoms with E-state index in [0.29, 0.717) is 30.4 Å². The van der Waals surface area contributed by atoms with Crippen LogP contribution in [0.1, 0.15) is 97.5 Å². The van der Waals surface area contributed by atoms with Gasteiger partial charge in [-0.25, -0.2) is 4.79 Å². The maximum Gasteiger partial charge on any atom is 0.325 e. The van der Waals surface area contributed by atoms with Crippen LogP contribution in [-0.4, -0.2) is 64.3 Å². The molecule has 0 bridgehead atoms. The van der Waals surface area contributed by atoms with Crippen molar-refractivity contribution >= 4 is 11.9 Å². The summed E-state index contributed by atoms with van der Waals surface area (Å²) in [4.78, 5) is 20.4. The number of hydrogen-bond donors (Lipinski definition) is 1.